The molecule has 1 aliphatic rings. The average molecular weight is 428 g/mol. The van der Waals surface area contributed by atoms with Crippen molar-refractivity contribution in [2.75, 3.05) is 11.6 Å². The summed E-state index contributed by atoms with van der Waals surface area (Å²) in [5.41, 5.74) is 11.4. The van der Waals surface area contributed by atoms with Gasteiger partial charge in [0, 0.05) is 17.6 Å². The Balaban J connectivity index is 1.77. The van der Waals surface area contributed by atoms with Gasteiger partial charge in [-0.3, -0.25) is 4.57 Å². The third-order valence-corrected chi connectivity index (χ3v) is 6.06. The van der Waals surface area contributed by atoms with Crippen LogP contribution < -0.4 is 5.73 Å². The van der Waals surface area contributed by atoms with Crippen LogP contribution in [0.3, 0.4) is 0 Å². The van der Waals surface area contributed by atoms with Crippen LogP contribution in [0.15, 0.2) is 84.6 Å². The fraction of sp³-hybridized carbons (Fsp3) is 0.160. The number of anilines is 1. The molecular formula is C25H22ClN5. The van der Waals surface area contributed by atoms with Gasteiger partial charge in [0.1, 0.15) is 17.2 Å². The van der Waals surface area contributed by atoms with E-state index < -0.39 is 0 Å². The zero-order chi connectivity index (χ0) is 21.4. The number of fused-ring (bicyclic) bond motifs is 1. The van der Waals surface area contributed by atoms with Crippen molar-refractivity contribution in [3.8, 4) is 22.6 Å². The lowest BCUT2D eigenvalue weighted by atomic mass is 9.90. The van der Waals surface area contributed by atoms with Crippen LogP contribution in [0, 0.1) is 0 Å². The summed E-state index contributed by atoms with van der Waals surface area (Å²) in [5, 5.41) is 0. The number of imidazole rings is 1. The van der Waals surface area contributed by atoms with E-state index in [-0.39, 0.29) is 5.54 Å². The van der Waals surface area contributed by atoms with E-state index in [1.807, 2.05) is 42.5 Å². The Morgan fingerprint density at radius 3 is 2.61 bits per heavy atom. The van der Waals surface area contributed by atoms with Crippen molar-refractivity contribution in [1.29, 1.82) is 0 Å². The molecule has 0 aliphatic heterocycles. The summed E-state index contributed by atoms with van der Waals surface area (Å²) in [6.07, 6.45) is 8.91. The summed E-state index contributed by atoms with van der Waals surface area (Å²) in [6, 6.07) is 18.0. The predicted molar refractivity (Wildman–Crippen MR) is 127 cm³/mol. The van der Waals surface area contributed by atoms with Gasteiger partial charge in [-0.2, -0.15) is 0 Å². The van der Waals surface area contributed by atoms with Gasteiger partial charge >= 0.3 is 0 Å². The molecule has 2 N–H and O–H groups in total. The van der Waals surface area contributed by atoms with Crippen molar-refractivity contribution >= 4 is 28.6 Å². The Hall–Kier alpha value is -3.44. The average Bonchev–Trinajstić information content (AvgIpc) is 3.20. The van der Waals surface area contributed by atoms with E-state index in [0.717, 1.165) is 45.8 Å². The second-order valence-electron chi connectivity index (χ2n) is 7.92. The van der Waals surface area contributed by atoms with Crippen LogP contribution in [-0.4, -0.2) is 25.4 Å². The molecule has 0 amide bonds. The minimum Gasteiger partial charge on any atom is -0.383 e. The van der Waals surface area contributed by atoms with Crippen molar-refractivity contribution in [2.45, 2.75) is 18.9 Å². The molecule has 0 fully saturated rings. The lowest BCUT2D eigenvalue weighted by Gasteiger charge is -2.31. The molecule has 1 unspecified atom stereocenters. The summed E-state index contributed by atoms with van der Waals surface area (Å²) >= 11 is 6.05. The molecule has 0 saturated carbocycles. The smallest absolute Gasteiger partial charge is 0.161 e. The number of benzene rings is 1. The number of allylic oxidation sites excluding steroid dienone is 4. The monoisotopic (exact) mass is 427 g/mol. The maximum Gasteiger partial charge on any atom is 0.161 e. The molecule has 4 aromatic rings. The predicted octanol–water partition coefficient (Wildman–Crippen LogP) is 5.58. The number of aromatic nitrogens is 4. The lowest BCUT2D eigenvalue weighted by Crippen LogP contribution is -2.30. The zero-order valence-corrected chi connectivity index (χ0v) is 17.9. The first-order chi connectivity index (χ1) is 15.1. The topological polar surface area (TPSA) is 69.6 Å². The van der Waals surface area contributed by atoms with E-state index in [0.29, 0.717) is 11.7 Å². The van der Waals surface area contributed by atoms with Crippen LogP contribution in [-0.2, 0) is 5.54 Å². The first-order valence-corrected chi connectivity index (χ1v) is 10.7. The Kier molecular flexibility index (Phi) is 4.83. The molecule has 0 radical (unpaired) electrons. The highest BCUT2D eigenvalue weighted by Crippen LogP contribution is 2.38. The Morgan fingerprint density at radius 1 is 1.06 bits per heavy atom. The van der Waals surface area contributed by atoms with Gasteiger partial charge in [-0.15, -0.1) is 11.6 Å². The number of nitrogens with zero attached hydrogens (tertiary/aromatic N) is 4. The van der Waals surface area contributed by atoms with E-state index in [2.05, 4.69) is 46.8 Å². The van der Waals surface area contributed by atoms with E-state index >= 15 is 0 Å². The molecule has 1 aliphatic carbocycles. The Labute approximate surface area is 185 Å². The second-order valence-corrected chi connectivity index (χ2v) is 8.19. The van der Waals surface area contributed by atoms with Gasteiger partial charge in [0.05, 0.1) is 16.8 Å². The maximum atomic E-state index is 6.25. The van der Waals surface area contributed by atoms with Crippen LogP contribution in [0.5, 0.6) is 0 Å². The number of rotatable bonds is 4. The number of halogens is 1. The minimum absolute atomic E-state index is 0.371. The van der Waals surface area contributed by atoms with Crippen LogP contribution in [0.1, 0.15) is 13.3 Å². The standard InChI is InChI=1S/C25H22ClN5/c1-25(13-11-17(16-26)12-14-25)31-23(19-8-5-15-28-22(19)27)30-21-10-9-20(29-24(21)31)18-6-3-2-4-7-18/h2-13,15H,14,16H2,1H3,(H2,27,28). The van der Waals surface area contributed by atoms with E-state index in [4.69, 9.17) is 27.3 Å². The zero-order valence-electron chi connectivity index (χ0n) is 17.2. The van der Waals surface area contributed by atoms with E-state index in [1.54, 1.807) is 6.20 Å². The van der Waals surface area contributed by atoms with Crippen molar-refractivity contribution in [3.63, 3.8) is 0 Å². The molecule has 1 atom stereocenters. The number of nitrogens with two attached hydrogens (primary N) is 1. The fourth-order valence-electron chi connectivity index (χ4n) is 4.02. The molecule has 5 rings (SSSR count). The molecule has 3 heterocycles. The molecule has 0 spiro atoms. The quantitative estimate of drug-likeness (QED) is 0.431. The SMILES string of the molecule is CC1(n2c(-c3cccnc3N)nc3ccc(-c4ccccc4)nc32)C=CC(CCl)=CC1. The van der Waals surface area contributed by atoms with Gasteiger partial charge < -0.3 is 5.73 Å². The number of hydrogen-bond donors (Lipinski definition) is 1. The van der Waals surface area contributed by atoms with Crippen LogP contribution in [0.25, 0.3) is 33.8 Å². The van der Waals surface area contributed by atoms with Crippen molar-refractivity contribution < 1.29 is 0 Å². The lowest BCUT2D eigenvalue weighted by molar-refractivity contribution is 0.423. The largest absolute Gasteiger partial charge is 0.383 e. The molecule has 1 aromatic carbocycles. The van der Waals surface area contributed by atoms with Crippen molar-refractivity contribution in [1.82, 2.24) is 19.5 Å². The van der Waals surface area contributed by atoms with Crippen LogP contribution in [0.4, 0.5) is 5.82 Å². The number of hydrogen-bond acceptors (Lipinski definition) is 4. The van der Waals surface area contributed by atoms with Crippen LogP contribution in [0.2, 0.25) is 0 Å². The Bertz CT molecular complexity index is 1320. The molecule has 6 heteroatoms. The normalized spacial score (nSPS) is 18.3. The molecule has 31 heavy (non-hydrogen) atoms. The highest BCUT2D eigenvalue weighted by Gasteiger charge is 2.31. The number of pyridine rings is 2. The first kappa shape index (κ1) is 19.5. The number of alkyl halides is 1. The van der Waals surface area contributed by atoms with Crippen molar-refractivity contribution in [2.24, 2.45) is 0 Å². The highest BCUT2D eigenvalue weighted by atomic mass is 35.5. The molecular weight excluding hydrogens is 406 g/mol. The van der Waals surface area contributed by atoms with Gasteiger partial charge in [0.2, 0.25) is 0 Å². The second kappa shape index (κ2) is 7.67. The molecule has 0 saturated heterocycles. The van der Waals surface area contributed by atoms with E-state index in [1.165, 1.54) is 0 Å². The summed E-state index contributed by atoms with van der Waals surface area (Å²) in [7, 11) is 0. The van der Waals surface area contributed by atoms with Gasteiger partial charge in [-0.1, -0.05) is 48.6 Å². The number of nitrogen functional groups attached to an aromatic ring is 1. The summed E-state index contributed by atoms with van der Waals surface area (Å²) in [6.45, 7) is 2.18. The minimum atomic E-state index is -0.371. The highest BCUT2D eigenvalue weighted by molar-refractivity contribution is 6.19. The molecule has 3 aromatic heterocycles. The summed E-state index contributed by atoms with van der Waals surface area (Å²) in [5.74, 6) is 1.70. The summed E-state index contributed by atoms with van der Waals surface area (Å²) < 4.78 is 2.18. The Morgan fingerprint density at radius 2 is 1.90 bits per heavy atom. The fourth-order valence-corrected chi connectivity index (χ4v) is 4.22. The van der Waals surface area contributed by atoms with Gasteiger partial charge in [0.25, 0.3) is 0 Å². The molecule has 154 valence electrons. The molecule has 5 nitrogen and oxygen atoms in total. The molecule has 0 bridgehead atoms. The van der Waals surface area contributed by atoms with Gasteiger partial charge in [0.15, 0.2) is 5.65 Å². The van der Waals surface area contributed by atoms with Gasteiger partial charge in [-0.25, -0.2) is 15.0 Å². The van der Waals surface area contributed by atoms with Gasteiger partial charge in [-0.05, 0) is 43.2 Å². The first-order valence-electron chi connectivity index (χ1n) is 10.2. The van der Waals surface area contributed by atoms with Crippen molar-refractivity contribution in [3.05, 3.63) is 84.6 Å². The summed E-state index contributed by atoms with van der Waals surface area (Å²) in [4.78, 5) is 14.3. The van der Waals surface area contributed by atoms with Crippen LogP contribution >= 0.6 is 11.6 Å². The third-order valence-electron chi connectivity index (χ3n) is 5.75. The maximum absolute atomic E-state index is 6.25. The van der Waals surface area contributed by atoms with E-state index in [9.17, 15) is 0 Å². The third kappa shape index (κ3) is 3.41.